The Morgan fingerprint density at radius 1 is 1.09 bits per heavy atom. The topological polar surface area (TPSA) is 69.0 Å². The zero-order chi connectivity index (χ0) is 22.5. The number of ether oxygens (including phenoxy) is 1. The van der Waals surface area contributed by atoms with Crippen molar-refractivity contribution in [3.63, 3.8) is 0 Å². The normalized spacial score (nSPS) is 11.1. The fourth-order valence-corrected chi connectivity index (χ4v) is 3.89. The van der Waals surface area contributed by atoms with Crippen molar-refractivity contribution >= 4 is 29.0 Å². The van der Waals surface area contributed by atoms with Crippen LogP contribution in [0.1, 0.15) is 27.7 Å². The van der Waals surface area contributed by atoms with Crippen molar-refractivity contribution in [3.8, 4) is 11.4 Å². The molecule has 0 saturated carbocycles. The largest absolute Gasteiger partial charge is 0.487 e. The third-order valence-electron chi connectivity index (χ3n) is 4.90. The number of hydrogen-bond acceptors (Lipinski definition) is 5. The third-order valence-corrected chi connectivity index (χ3v) is 5.72. The van der Waals surface area contributed by atoms with E-state index < -0.39 is 0 Å². The Balaban J connectivity index is 1.37. The molecule has 6 nitrogen and oxygen atoms in total. The van der Waals surface area contributed by atoms with Gasteiger partial charge >= 0.3 is 0 Å². The third kappa shape index (κ3) is 5.12. The van der Waals surface area contributed by atoms with E-state index in [4.69, 9.17) is 4.74 Å². The number of anilines is 1. The van der Waals surface area contributed by atoms with Gasteiger partial charge in [0.2, 0.25) is 5.91 Å². The van der Waals surface area contributed by atoms with Crippen molar-refractivity contribution in [1.29, 1.82) is 0 Å². The van der Waals surface area contributed by atoms with Gasteiger partial charge in [-0.2, -0.15) is 5.10 Å². The van der Waals surface area contributed by atoms with Crippen molar-refractivity contribution < 1.29 is 9.53 Å². The monoisotopic (exact) mass is 444 g/mol. The van der Waals surface area contributed by atoms with Gasteiger partial charge in [0, 0.05) is 11.5 Å². The zero-order valence-corrected chi connectivity index (χ0v) is 19.0. The second kappa shape index (κ2) is 9.62. The minimum Gasteiger partial charge on any atom is -0.487 e. The molecule has 0 saturated heterocycles. The first-order chi connectivity index (χ1) is 15.5. The van der Waals surface area contributed by atoms with E-state index in [1.807, 2.05) is 85.4 Å². The number of rotatable bonds is 7. The number of amides is 1. The number of para-hydroxylation sites is 1. The molecule has 0 aliphatic heterocycles. The van der Waals surface area contributed by atoms with Crippen LogP contribution >= 0.6 is 11.3 Å². The Morgan fingerprint density at radius 3 is 2.53 bits per heavy atom. The highest BCUT2D eigenvalue weighted by Gasteiger charge is 2.14. The molecule has 1 N–H and O–H groups in total. The highest BCUT2D eigenvalue weighted by Crippen LogP contribution is 2.23. The van der Waals surface area contributed by atoms with Crippen LogP contribution in [0.3, 0.4) is 0 Å². The predicted octanol–water partition coefficient (Wildman–Crippen LogP) is 5.48. The summed E-state index contributed by atoms with van der Waals surface area (Å²) in [4.78, 5) is 16.9. The van der Waals surface area contributed by atoms with Gasteiger partial charge in [0.15, 0.2) is 0 Å². The number of thiazole rings is 1. The van der Waals surface area contributed by atoms with Gasteiger partial charge in [-0.15, -0.1) is 11.3 Å². The highest BCUT2D eigenvalue weighted by molar-refractivity contribution is 7.09. The molecule has 0 bridgehead atoms. The molecule has 4 aromatic rings. The predicted molar refractivity (Wildman–Crippen MR) is 128 cm³/mol. The number of aromatic nitrogens is 3. The average molecular weight is 445 g/mol. The minimum atomic E-state index is -0.206. The molecule has 0 radical (unpaired) electrons. The number of nitrogens with one attached hydrogen (secondary N) is 1. The standard InChI is InChI=1S/C25H24N4O2S/c1-17-25(18(2)29(28-17)22-7-5-4-6-8-22)27-24(30)14-11-20-9-12-23(13-10-20)31-15-21-16-32-19(3)26-21/h4-14,16H,15H2,1-3H3,(H,27,30)/b14-11+. The van der Waals surface area contributed by atoms with Crippen LogP contribution in [0.25, 0.3) is 11.8 Å². The number of hydrogen-bond donors (Lipinski definition) is 1. The lowest BCUT2D eigenvalue weighted by Crippen LogP contribution is -2.09. The van der Waals surface area contributed by atoms with E-state index in [1.54, 1.807) is 17.4 Å². The number of aryl methyl sites for hydroxylation is 2. The van der Waals surface area contributed by atoms with Crippen molar-refractivity contribution in [2.45, 2.75) is 27.4 Å². The summed E-state index contributed by atoms with van der Waals surface area (Å²) in [6.45, 7) is 6.25. The molecule has 2 heterocycles. The van der Waals surface area contributed by atoms with Crippen LogP contribution in [0.5, 0.6) is 5.75 Å². The quantitative estimate of drug-likeness (QED) is 0.383. The minimum absolute atomic E-state index is 0.206. The summed E-state index contributed by atoms with van der Waals surface area (Å²) >= 11 is 1.61. The lowest BCUT2D eigenvalue weighted by Gasteiger charge is -2.06. The molecular formula is C25H24N4O2S. The molecule has 2 aromatic carbocycles. The van der Waals surface area contributed by atoms with Crippen LogP contribution < -0.4 is 10.1 Å². The van der Waals surface area contributed by atoms with E-state index in [1.165, 1.54) is 6.08 Å². The lowest BCUT2D eigenvalue weighted by molar-refractivity contribution is -0.111. The van der Waals surface area contributed by atoms with Gasteiger partial charge in [0.1, 0.15) is 12.4 Å². The summed E-state index contributed by atoms with van der Waals surface area (Å²) in [5.74, 6) is 0.555. The van der Waals surface area contributed by atoms with Gasteiger partial charge in [-0.25, -0.2) is 9.67 Å². The number of nitrogens with zero attached hydrogens (tertiary/aromatic N) is 3. The Kier molecular flexibility index (Phi) is 6.47. The smallest absolute Gasteiger partial charge is 0.248 e. The molecule has 2 aromatic heterocycles. The fourth-order valence-electron chi connectivity index (χ4n) is 3.29. The number of carbonyl (C=O) groups excluding carboxylic acids is 1. The van der Waals surface area contributed by atoms with Gasteiger partial charge in [0.25, 0.3) is 0 Å². The maximum atomic E-state index is 12.5. The van der Waals surface area contributed by atoms with Crippen LogP contribution in [0, 0.1) is 20.8 Å². The molecule has 7 heteroatoms. The van der Waals surface area contributed by atoms with Crippen molar-refractivity contribution in [2.24, 2.45) is 0 Å². The molecule has 32 heavy (non-hydrogen) atoms. The Bertz CT molecular complexity index is 1240. The van der Waals surface area contributed by atoms with Crippen LogP contribution in [-0.4, -0.2) is 20.7 Å². The Hall–Kier alpha value is -3.71. The highest BCUT2D eigenvalue weighted by atomic mass is 32.1. The summed E-state index contributed by atoms with van der Waals surface area (Å²) in [7, 11) is 0. The van der Waals surface area contributed by atoms with Crippen molar-refractivity contribution in [2.75, 3.05) is 5.32 Å². The molecule has 0 fully saturated rings. The molecule has 0 aliphatic rings. The molecule has 0 spiro atoms. The molecule has 162 valence electrons. The molecule has 4 rings (SSSR count). The van der Waals surface area contributed by atoms with Crippen molar-refractivity contribution in [3.05, 3.63) is 93.7 Å². The lowest BCUT2D eigenvalue weighted by atomic mass is 10.2. The van der Waals surface area contributed by atoms with E-state index in [2.05, 4.69) is 15.4 Å². The van der Waals surface area contributed by atoms with Crippen LogP contribution in [0.15, 0.2) is 66.1 Å². The zero-order valence-electron chi connectivity index (χ0n) is 18.2. The molecule has 0 atom stereocenters. The second-order valence-electron chi connectivity index (χ2n) is 7.33. The summed E-state index contributed by atoms with van der Waals surface area (Å²) in [6.07, 6.45) is 3.29. The van der Waals surface area contributed by atoms with Gasteiger partial charge in [-0.1, -0.05) is 30.3 Å². The molecular weight excluding hydrogens is 420 g/mol. The Labute approximate surface area is 191 Å². The van der Waals surface area contributed by atoms with Gasteiger partial charge in [-0.05, 0) is 56.7 Å². The van der Waals surface area contributed by atoms with E-state index in [0.717, 1.165) is 44.8 Å². The summed E-state index contributed by atoms with van der Waals surface area (Å²) in [5.41, 5.74) is 5.16. The van der Waals surface area contributed by atoms with Gasteiger partial charge in [-0.3, -0.25) is 4.79 Å². The maximum absolute atomic E-state index is 12.5. The SMILES string of the molecule is Cc1nc(COc2ccc(/C=C/C(=O)Nc3c(C)nn(-c4ccccc4)c3C)cc2)cs1. The fraction of sp³-hybridized carbons (Fsp3) is 0.160. The summed E-state index contributed by atoms with van der Waals surface area (Å²) in [5, 5.41) is 10.5. The second-order valence-corrected chi connectivity index (χ2v) is 8.39. The number of carbonyl (C=O) groups is 1. The first kappa shape index (κ1) is 21.5. The first-order valence-corrected chi connectivity index (χ1v) is 11.1. The van der Waals surface area contributed by atoms with Crippen molar-refractivity contribution in [1.82, 2.24) is 14.8 Å². The average Bonchev–Trinajstić information content (AvgIpc) is 3.35. The van der Waals surface area contributed by atoms with E-state index >= 15 is 0 Å². The molecule has 1 amide bonds. The molecule has 0 unspecified atom stereocenters. The van der Waals surface area contributed by atoms with E-state index in [0.29, 0.717) is 6.61 Å². The van der Waals surface area contributed by atoms with Gasteiger partial charge < -0.3 is 10.1 Å². The first-order valence-electron chi connectivity index (χ1n) is 10.2. The van der Waals surface area contributed by atoms with Crippen LogP contribution in [0.4, 0.5) is 5.69 Å². The van der Waals surface area contributed by atoms with Crippen LogP contribution in [0.2, 0.25) is 0 Å². The van der Waals surface area contributed by atoms with Crippen LogP contribution in [-0.2, 0) is 11.4 Å². The van der Waals surface area contributed by atoms with E-state index in [-0.39, 0.29) is 5.91 Å². The number of benzene rings is 2. The Morgan fingerprint density at radius 2 is 1.84 bits per heavy atom. The molecule has 0 aliphatic carbocycles. The maximum Gasteiger partial charge on any atom is 0.248 e. The summed E-state index contributed by atoms with van der Waals surface area (Å²) < 4.78 is 7.60. The van der Waals surface area contributed by atoms with Gasteiger partial charge in [0.05, 0.1) is 33.5 Å². The van der Waals surface area contributed by atoms with E-state index in [9.17, 15) is 4.79 Å². The summed E-state index contributed by atoms with van der Waals surface area (Å²) in [6, 6.07) is 17.4.